The van der Waals surface area contributed by atoms with Gasteiger partial charge in [-0.1, -0.05) is 19.3 Å². The van der Waals surface area contributed by atoms with Crippen molar-refractivity contribution in [3.05, 3.63) is 40.2 Å². The Kier molecular flexibility index (Phi) is 7.41. The standard InChI is InChI=1S/C22H30N6O3S/c1-25-16-23-24-22(25)32-20-9-8-18(14-19(20)28(30)31)21(29)27-11-5-10-26(12-13-27)15-17-6-3-2-4-7-17/h8-9,14,16-17H,2-7,10-13,15H2,1H3. The summed E-state index contributed by atoms with van der Waals surface area (Å²) in [6, 6.07) is 4.71. The Morgan fingerprint density at radius 3 is 2.69 bits per heavy atom. The van der Waals surface area contributed by atoms with E-state index in [1.165, 1.54) is 49.9 Å². The van der Waals surface area contributed by atoms with Gasteiger partial charge in [-0.3, -0.25) is 14.9 Å². The number of aromatic nitrogens is 3. The number of aryl methyl sites for hydroxylation is 1. The summed E-state index contributed by atoms with van der Waals surface area (Å²) in [6.07, 6.45) is 9.16. The average molecular weight is 459 g/mol. The number of hydrogen-bond acceptors (Lipinski definition) is 7. The number of rotatable bonds is 6. The van der Waals surface area contributed by atoms with E-state index in [1.807, 2.05) is 4.90 Å². The van der Waals surface area contributed by atoms with Crippen LogP contribution < -0.4 is 0 Å². The second-order valence-electron chi connectivity index (χ2n) is 8.72. The highest BCUT2D eigenvalue weighted by Crippen LogP contribution is 2.34. The van der Waals surface area contributed by atoms with E-state index in [1.54, 1.807) is 30.1 Å². The van der Waals surface area contributed by atoms with Crippen molar-refractivity contribution in [2.45, 2.75) is 48.6 Å². The maximum Gasteiger partial charge on any atom is 0.284 e. The lowest BCUT2D eigenvalue weighted by Crippen LogP contribution is -2.37. The van der Waals surface area contributed by atoms with Gasteiger partial charge in [0.2, 0.25) is 0 Å². The van der Waals surface area contributed by atoms with Gasteiger partial charge in [0.1, 0.15) is 6.33 Å². The van der Waals surface area contributed by atoms with Crippen LogP contribution in [-0.2, 0) is 7.05 Å². The Bertz CT molecular complexity index is 959. The predicted molar refractivity (Wildman–Crippen MR) is 122 cm³/mol. The summed E-state index contributed by atoms with van der Waals surface area (Å²) in [7, 11) is 1.78. The van der Waals surface area contributed by atoms with E-state index in [4.69, 9.17) is 0 Å². The van der Waals surface area contributed by atoms with Crippen LogP contribution in [-0.4, -0.2) is 68.1 Å². The lowest BCUT2D eigenvalue weighted by atomic mass is 9.89. The molecule has 1 saturated carbocycles. The van der Waals surface area contributed by atoms with Crippen LogP contribution in [0.4, 0.5) is 5.69 Å². The molecular formula is C22H30N6O3S. The van der Waals surface area contributed by atoms with E-state index >= 15 is 0 Å². The zero-order valence-corrected chi connectivity index (χ0v) is 19.3. The minimum atomic E-state index is -0.441. The maximum atomic E-state index is 13.2. The molecule has 2 fully saturated rings. The molecule has 172 valence electrons. The van der Waals surface area contributed by atoms with Crippen LogP contribution in [0.5, 0.6) is 0 Å². The van der Waals surface area contributed by atoms with Gasteiger partial charge in [0.25, 0.3) is 11.6 Å². The van der Waals surface area contributed by atoms with Gasteiger partial charge in [-0.2, -0.15) is 0 Å². The summed E-state index contributed by atoms with van der Waals surface area (Å²) < 4.78 is 1.70. The smallest absolute Gasteiger partial charge is 0.284 e. The molecule has 2 aliphatic rings. The first-order chi connectivity index (χ1) is 15.5. The molecule has 0 radical (unpaired) electrons. The minimum absolute atomic E-state index is 0.0856. The van der Waals surface area contributed by atoms with Gasteiger partial charge in [-0.05, 0) is 55.6 Å². The zero-order chi connectivity index (χ0) is 22.5. The topological polar surface area (TPSA) is 97.4 Å². The van der Waals surface area contributed by atoms with Gasteiger partial charge in [-0.25, -0.2) is 0 Å². The summed E-state index contributed by atoms with van der Waals surface area (Å²) in [4.78, 5) is 29.2. The van der Waals surface area contributed by atoms with Gasteiger partial charge in [0.05, 0.1) is 9.82 Å². The first-order valence-corrected chi connectivity index (χ1v) is 12.1. The van der Waals surface area contributed by atoms with Crippen molar-refractivity contribution >= 4 is 23.4 Å². The number of nitro benzene ring substituents is 1. The van der Waals surface area contributed by atoms with Crippen LogP contribution in [0, 0.1) is 16.0 Å². The number of nitrogens with zero attached hydrogens (tertiary/aromatic N) is 6. The molecule has 1 aromatic carbocycles. The molecule has 1 aromatic heterocycles. The fourth-order valence-corrected chi connectivity index (χ4v) is 5.47. The fourth-order valence-electron chi connectivity index (χ4n) is 4.62. The van der Waals surface area contributed by atoms with Crippen molar-refractivity contribution in [1.82, 2.24) is 24.6 Å². The summed E-state index contributed by atoms with van der Waals surface area (Å²) >= 11 is 1.17. The molecule has 1 amide bonds. The molecule has 4 rings (SSSR count). The highest BCUT2D eigenvalue weighted by molar-refractivity contribution is 7.99. The fraction of sp³-hybridized carbons (Fsp3) is 0.591. The Labute approximate surface area is 192 Å². The highest BCUT2D eigenvalue weighted by atomic mass is 32.2. The molecule has 0 bridgehead atoms. The Morgan fingerprint density at radius 2 is 1.97 bits per heavy atom. The van der Waals surface area contributed by atoms with Gasteiger partial charge in [0.15, 0.2) is 5.16 Å². The largest absolute Gasteiger partial charge is 0.337 e. The lowest BCUT2D eigenvalue weighted by Gasteiger charge is -2.28. The quantitative estimate of drug-likeness (QED) is 0.482. The number of benzene rings is 1. The molecule has 2 heterocycles. The average Bonchev–Trinajstić information content (AvgIpc) is 3.05. The van der Waals surface area contributed by atoms with Gasteiger partial charge in [0, 0.05) is 44.9 Å². The molecule has 1 aliphatic heterocycles. The number of carbonyl (C=O) groups is 1. The van der Waals surface area contributed by atoms with E-state index in [-0.39, 0.29) is 11.6 Å². The molecular weight excluding hydrogens is 428 g/mol. The van der Waals surface area contributed by atoms with E-state index < -0.39 is 4.92 Å². The maximum absolute atomic E-state index is 13.2. The summed E-state index contributed by atoms with van der Waals surface area (Å²) in [6.45, 7) is 4.34. The van der Waals surface area contributed by atoms with E-state index in [2.05, 4.69) is 15.1 Å². The molecule has 32 heavy (non-hydrogen) atoms. The Morgan fingerprint density at radius 1 is 1.16 bits per heavy atom. The van der Waals surface area contributed by atoms with Crippen LogP contribution >= 0.6 is 11.8 Å². The van der Waals surface area contributed by atoms with E-state index in [0.29, 0.717) is 28.7 Å². The first-order valence-electron chi connectivity index (χ1n) is 11.3. The van der Waals surface area contributed by atoms with Crippen LogP contribution in [0.3, 0.4) is 0 Å². The monoisotopic (exact) mass is 458 g/mol. The molecule has 2 aromatic rings. The summed E-state index contributed by atoms with van der Waals surface area (Å²) in [5, 5.41) is 20.0. The normalized spacial score (nSPS) is 18.5. The molecule has 10 heteroatoms. The summed E-state index contributed by atoms with van der Waals surface area (Å²) in [5.41, 5.74) is 0.275. The molecule has 0 unspecified atom stereocenters. The third-order valence-electron chi connectivity index (χ3n) is 6.39. The third-order valence-corrected chi connectivity index (χ3v) is 7.51. The molecule has 9 nitrogen and oxygen atoms in total. The lowest BCUT2D eigenvalue weighted by molar-refractivity contribution is -0.387. The number of nitro groups is 1. The van der Waals surface area contributed by atoms with Crippen LogP contribution in [0.15, 0.2) is 34.6 Å². The van der Waals surface area contributed by atoms with Crippen LogP contribution in [0.25, 0.3) is 0 Å². The molecule has 0 atom stereocenters. The SMILES string of the molecule is Cn1cnnc1Sc1ccc(C(=O)N2CCCN(CC3CCCCC3)CC2)cc1[N+](=O)[O-]. The van der Waals surface area contributed by atoms with Crippen molar-refractivity contribution < 1.29 is 9.72 Å². The second-order valence-corrected chi connectivity index (χ2v) is 9.73. The highest BCUT2D eigenvalue weighted by Gasteiger charge is 2.25. The molecule has 0 spiro atoms. The first kappa shape index (κ1) is 22.7. The second kappa shape index (κ2) is 10.4. The van der Waals surface area contributed by atoms with E-state index in [0.717, 1.165) is 32.0 Å². The number of amides is 1. The van der Waals surface area contributed by atoms with Crippen molar-refractivity contribution in [3.63, 3.8) is 0 Å². The zero-order valence-electron chi connectivity index (χ0n) is 18.5. The molecule has 1 saturated heterocycles. The molecule has 0 N–H and O–H groups in total. The van der Waals surface area contributed by atoms with Crippen molar-refractivity contribution in [3.8, 4) is 0 Å². The predicted octanol–water partition coefficient (Wildman–Crippen LogP) is 3.60. The van der Waals surface area contributed by atoms with Gasteiger partial charge < -0.3 is 14.4 Å². The van der Waals surface area contributed by atoms with Gasteiger partial charge in [-0.15, -0.1) is 10.2 Å². The number of carbonyl (C=O) groups excluding carboxylic acids is 1. The van der Waals surface area contributed by atoms with Gasteiger partial charge >= 0.3 is 0 Å². The Balaban J connectivity index is 1.42. The summed E-state index contributed by atoms with van der Waals surface area (Å²) in [5.74, 6) is 0.649. The van der Waals surface area contributed by atoms with Crippen molar-refractivity contribution in [2.24, 2.45) is 13.0 Å². The van der Waals surface area contributed by atoms with Crippen molar-refractivity contribution in [1.29, 1.82) is 0 Å². The minimum Gasteiger partial charge on any atom is -0.337 e. The van der Waals surface area contributed by atoms with Crippen molar-refractivity contribution in [2.75, 3.05) is 32.7 Å². The Hall–Kier alpha value is -2.46. The van der Waals surface area contributed by atoms with E-state index in [9.17, 15) is 14.9 Å². The molecule has 1 aliphatic carbocycles. The third kappa shape index (κ3) is 5.47. The number of hydrogen-bond donors (Lipinski definition) is 0. The van der Waals surface area contributed by atoms with Crippen LogP contribution in [0.2, 0.25) is 0 Å². The van der Waals surface area contributed by atoms with Crippen LogP contribution in [0.1, 0.15) is 48.9 Å².